The largest absolute Gasteiger partial charge is 0.306 e. The van der Waals surface area contributed by atoms with E-state index in [9.17, 15) is 9.59 Å². The Morgan fingerprint density at radius 2 is 1.38 bits per heavy atom. The highest BCUT2D eigenvalue weighted by Crippen LogP contribution is 2.22. The highest BCUT2D eigenvalue weighted by atomic mass is 16.2. The number of aromatic nitrogens is 2. The molecule has 2 amide bonds. The van der Waals surface area contributed by atoms with Gasteiger partial charge in [-0.1, -0.05) is 51.1 Å². The van der Waals surface area contributed by atoms with Gasteiger partial charge in [0.05, 0.1) is 0 Å². The van der Waals surface area contributed by atoms with Crippen molar-refractivity contribution in [1.29, 1.82) is 0 Å². The summed E-state index contributed by atoms with van der Waals surface area (Å²) in [6.07, 6.45) is 0. The molecular formula is C23H24N4O2. The topological polar surface area (TPSA) is 84.0 Å². The molecule has 29 heavy (non-hydrogen) atoms. The van der Waals surface area contributed by atoms with Crippen molar-refractivity contribution in [2.45, 2.75) is 33.1 Å². The fraction of sp³-hybridized carbons (Fsp3) is 0.217. The van der Waals surface area contributed by atoms with Crippen LogP contribution in [0.2, 0.25) is 0 Å². The number of amides is 2. The predicted octanol–water partition coefficient (Wildman–Crippen LogP) is 4.59. The van der Waals surface area contributed by atoms with Gasteiger partial charge in [0, 0.05) is 22.9 Å². The first kappa shape index (κ1) is 20.2. The first-order chi connectivity index (χ1) is 13.7. The van der Waals surface area contributed by atoms with E-state index in [1.54, 1.807) is 49.4 Å². The molecule has 0 saturated heterocycles. The zero-order chi connectivity index (χ0) is 21.0. The Balaban J connectivity index is 1.74. The van der Waals surface area contributed by atoms with Gasteiger partial charge in [-0.15, -0.1) is 0 Å². The third-order valence-electron chi connectivity index (χ3n) is 4.37. The minimum atomic E-state index is -0.309. The molecule has 0 fully saturated rings. The van der Waals surface area contributed by atoms with Crippen molar-refractivity contribution < 1.29 is 9.59 Å². The molecule has 0 aliphatic carbocycles. The van der Waals surface area contributed by atoms with Gasteiger partial charge in [0.2, 0.25) is 5.95 Å². The predicted molar refractivity (Wildman–Crippen MR) is 114 cm³/mol. The lowest BCUT2D eigenvalue weighted by Gasteiger charge is -2.19. The number of benzene rings is 2. The molecule has 3 aromatic rings. The monoisotopic (exact) mass is 388 g/mol. The van der Waals surface area contributed by atoms with Crippen molar-refractivity contribution in [2.75, 3.05) is 10.6 Å². The first-order valence-corrected chi connectivity index (χ1v) is 9.36. The summed E-state index contributed by atoms with van der Waals surface area (Å²) in [5, 5.41) is 5.43. The molecule has 3 rings (SSSR count). The molecule has 0 saturated carbocycles. The molecule has 148 valence electrons. The lowest BCUT2D eigenvalue weighted by molar-refractivity contribution is 0.101. The number of rotatable bonds is 4. The molecule has 0 spiro atoms. The Bertz CT molecular complexity index is 1020. The van der Waals surface area contributed by atoms with Crippen molar-refractivity contribution in [2.24, 2.45) is 0 Å². The zero-order valence-electron chi connectivity index (χ0n) is 17.0. The molecule has 1 heterocycles. The Kier molecular flexibility index (Phi) is 5.73. The Morgan fingerprint density at radius 1 is 0.793 bits per heavy atom. The number of hydrogen-bond acceptors (Lipinski definition) is 4. The molecule has 0 unspecified atom stereocenters. The molecular weight excluding hydrogens is 364 g/mol. The van der Waals surface area contributed by atoms with Crippen molar-refractivity contribution in [3.05, 3.63) is 83.0 Å². The highest BCUT2D eigenvalue weighted by molar-refractivity contribution is 6.05. The van der Waals surface area contributed by atoms with E-state index < -0.39 is 0 Å². The van der Waals surface area contributed by atoms with Gasteiger partial charge in [-0.05, 0) is 42.2 Å². The van der Waals surface area contributed by atoms with Crippen LogP contribution < -0.4 is 10.6 Å². The summed E-state index contributed by atoms with van der Waals surface area (Å²) in [5.74, 6) is -0.127. The lowest BCUT2D eigenvalue weighted by Crippen LogP contribution is -2.18. The second-order valence-corrected chi connectivity index (χ2v) is 7.82. The third-order valence-corrected chi connectivity index (χ3v) is 4.37. The van der Waals surface area contributed by atoms with E-state index in [1.165, 1.54) is 0 Å². The van der Waals surface area contributed by atoms with E-state index in [0.29, 0.717) is 22.6 Å². The summed E-state index contributed by atoms with van der Waals surface area (Å²) in [5.41, 5.74) is 2.82. The number of carbonyl (C=O) groups is 2. The van der Waals surface area contributed by atoms with Gasteiger partial charge in [0.1, 0.15) is 5.82 Å². The van der Waals surface area contributed by atoms with Crippen molar-refractivity contribution in [3.63, 3.8) is 0 Å². The molecule has 2 aromatic carbocycles. The van der Waals surface area contributed by atoms with Gasteiger partial charge in [0.25, 0.3) is 11.8 Å². The maximum absolute atomic E-state index is 12.6. The first-order valence-electron chi connectivity index (χ1n) is 9.36. The summed E-state index contributed by atoms with van der Waals surface area (Å²) < 4.78 is 0. The quantitative estimate of drug-likeness (QED) is 0.685. The van der Waals surface area contributed by atoms with Crippen LogP contribution in [-0.4, -0.2) is 21.8 Å². The summed E-state index contributed by atoms with van der Waals surface area (Å²) in [6, 6.07) is 17.9. The van der Waals surface area contributed by atoms with Crippen molar-refractivity contribution in [3.8, 4) is 0 Å². The second kappa shape index (κ2) is 8.22. The average molecular weight is 388 g/mol. The molecule has 0 radical (unpaired) electrons. The van der Waals surface area contributed by atoms with E-state index in [4.69, 9.17) is 0 Å². The van der Waals surface area contributed by atoms with Gasteiger partial charge in [0.15, 0.2) is 0 Å². The van der Waals surface area contributed by atoms with Gasteiger partial charge < -0.3 is 5.32 Å². The molecule has 0 aliphatic rings. The van der Waals surface area contributed by atoms with Gasteiger partial charge in [-0.25, -0.2) is 4.98 Å². The molecule has 1 aromatic heterocycles. The van der Waals surface area contributed by atoms with Gasteiger partial charge >= 0.3 is 0 Å². The van der Waals surface area contributed by atoms with Crippen LogP contribution in [0.1, 0.15) is 52.7 Å². The van der Waals surface area contributed by atoms with Crippen LogP contribution in [0.4, 0.5) is 11.8 Å². The molecule has 6 nitrogen and oxygen atoms in total. The van der Waals surface area contributed by atoms with Crippen molar-refractivity contribution >= 4 is 23.6 Å². The van der Waals surface area contributed by atoms with E-state index in [0.717, 1.165) is 5.56 Å². The maximum atomic E-state index is 12.6. The van der Waals surface area contributed by atoms with Crippen LogP contribution in [0.5, 0.6) is 0 Å². The number of carbonyl (C=O) groups excluding carboxylic acids is 2. The molecule has 2 N–H and O–H groups in total. The molecule has 0 atom stereocenters. The number of nitrogens with zero attached hydrogens (tertiary/aromatic N) is 2. The third kappa shape index (κ3) is 5.25. The smallest absolute Gasteiger partial charge is 0.258 e. The number of hydrogen-bond donors (Lipinski definition) is 2. The fourth-order valence-corrected chi connectivity index (χ4v) is 2.76. The highest BCUT2D eigenvalue weighted by Gasteiger charge is 2.15. The van der Waals surface area contributed by atoms with Crippen molar-refractivity contribution in [1.82, 2.24) is 9.97 Å². The Morgan fingerprint density at radius 3 is 2.00 bits per heavy atom. The summed E-state index contributed by atoms with van der Waals surface area (Å²) in [7, 11) is 0. The van der Waals surface area contributed by atoms with Gasteiger partial charge in [-0.2, -0.15) is 4.98 Å². The zero-order valence-corrected chi connectivity index (χ0v) is 17.0. The standard InChI is InChI=1S/C23H24N4O2/c1-15-14-19(25-20(28)16-8-6-5-7-9-16)26-22(24-15)27-21(29)17-10-12-18(13-11-17)23(2,3)4/h5-14H,1-4H3,(H2,24,25,26,27,28,29). The van der Waals surface area contributed by atoms with Crippen LogP contribution in [-0.2, 0) is 5.41 Å². The minimum Gasteiger partial charge on any atom is -0.306 e. The number of aryl methyl sites for hydroxylation is 1. The SMILES string of the molecule is Cc1cc(NC(=O)c2ccccc2)nc(NC(=O)c2ccc(C(C)(C)C)cc2)n1. The fourth-order valence-electron chi connectivity index (χ4n) is 2.76. The Labute approximate surface area is 170 Å². The maximum Gasteiger partial charge on any atom is 0.258 e. The van der Waals surface area contributed by atoms with Crippen LogP contribution in [0.3, 0.4) is 0 Å². The second-order valence-electron chi connectivity index (χ2n) is 7.82. The molecule has 0 bridgehead atoms. The van der Waals surface area contributed by atoms with Crippen LogP contribution in [0.15, 0.2) is 60.7 Å². The summed E-state index contributed by atoms with van der Waals surface area (Å²) >= 11 is 0. The molecule has 0 aliphatic heterocycles. The van der Waals surface area contributed by atoms with E-state index in [2.05, 4.69) is 41.4 Å². The molecule has 6 heteroatoms. The Hall–Kier alpha value is -3.54. The minimum absolute atomic E-state index is 0.0144. The number of anilines is 2. The number of nitrogens with one attached hydrogen (secondary N) is 2. The summed E-state index contributed by atoms with van der Waals surface area (Å²) in [4.78, 5) is 33.4. The van der Waals surface area contributed by atoms with Crippen LogP contribution >= 0.6 is 0 Å². The van der Waals surface area contributed by atoms with Crippen LogP contribution in [0.25, 0.3) is 0 Å². The average Bonchev–Trinajstić information content (AvgIpc) is 2.67. The van der Waals surface area contributed by atoms with Gasteiger partial charge in [-0.3, -0.25) is 14.9 Å². The van der Waals surface area contributed by atoms with E-state index in [1.807, 2.05) is 18.2 Å². The normalized spacial score (nSPS) is 11.0. The van der Waals surface area contributed by atoms with E-state index >= 15 is 0 Å². The summed E-state index contributed by atoms with van der Waals surface area (Å²) in [6.45, 7) is 8.13. The van der Waals surface area contributed by atoms with Crippen LogP contribution in [0, 0.1) is 6.92 Å². The lowest BCUT2D eigenvalue weighted by atomic mass is 9.87. The van der Waals surface area contributed by atoms with E-state index in [-0.39, 0.29) is 23.2 Å².